The highest BCUT2D eigenvalue weighted by Gasteiger charge is 2.34. The number of ether oxygens (including phenoxy) is 1. The van der Waals surface area contributed by atoms with Crippen LogP contribution in [-0.4, -0.2) is 69.6 Å². The highest BCUT2D eigenvalue weighted by Crippen LogP contribution is 2.21. The number of nitrogens with zero attached hydrogens (tertiary/aromatic N) is 1. The third-order valence-electron chi connectivity index (χ3n) is 3.80. The molecule has 0 spiro atoms. The summed E-state index contributed by atoms with van der Waals surface area (Å²) in [6.07, 6.45) is 2.83. The highest BCUT2D eigenvalue weighted by atomic mass is 32.2. The Kier molecular flexibility index (Phi) is 4.47. The normalized spacial score (nSPS) is 27.4. The van der Waals surface area contributed by atoms with E-state index in [0.717, 1.165) is 12.8 Å². The second kappa shape index (κ2) is 5.76. The second-order valence-corrected chi connectivity index (χ2v) is 7.74. The Hall–Kier alpha value is -0.660. The Morgan fingerprint density at radius 2 is 2.11 bits per heavy atom. The van der Waals surface area contributed by atoms with E-state index in [1.54, 1.807) is 0 Å². The number of sulfone groups is 1. The minimum Gasteiger partial charge on any atom is -0.468 e. The number of hydrogen-bond donors (Lipinski definition) is 1. The number of esters is 1. The summed E-state index contributed by atoms with van der Waals surface area (Å²) in [6.45, 7) is 0.489. The van der Waals surface area contributed by atoms with Crippen molar-refractivity contribution in [2.24, 2.45) is 0 Å². The van der Waals surface area contributed by atoms with Crippen molar-refractivity contribution in [2.75, 3.05) is 32.2 Å². The van der Waals surface area contributed by atoms with E-state index in [1.807, 2.05) is 11.9 Å². The summed E-state index contributed by atoms with van der Waals surface area (Å²) >= 11 is 0. The maximum atomic E-state index is 11.7. The molecule has 2 atom stereocenters. The Morgan fingerprint density at radius 1 is 1.42 bits per heavy atom. The average Bonchev–Trinajstić information content (AvgIpc) is 3.09. The van der Waals surface area contributed by atoms with Gasteiger partial charge in [0.2, 0.25) is 0 Å². The van der Waals surface area contributed by atoms with Crippen LogP contribution in [0.2, 0.25) is 0 Å². The summed E-state index contributed by atoms with van der Waals surface area (Å²) in [7, 11) is 0.359. The van der Waals surface area contributed by atoms with E-state index in [2.05, 4.69) is 5.32 Å². The van der Waals surface area contributed by atoms with E-state index in [1.165, 1.54) is 7.11 Å². The number of methoxy groups -OCH3 is 1. The van der Waals surface area contributed by atoms with Crippen LogP contribution in [0.25, 0.3) is 0 Å². The van der Waals surface area contributed by atoms with Gasteiger partial charge in [0.15, 0.2) is 9.84 Å². The molecule has 0 aromatic heterocycles. The van der Waals surface area contributed by atoms with Crippen LogP contribution in [-0.2, 0) is 19.4 Å². The number of likely N-dealkylation sites (N-methyl/N-ethyl adjacent to an activating group) is 1. The SMILES string of the molecule is COC(=O)C(CN(C)C1CCS(=O)(=O)C1)NC1CC1. The number of nitrogens with one attached hydrogen (secondary N) is 1. The molecule has 110 valence electrons. The standard InChI is InChI=1S/C12H22N2O4S/c1-14(10-5-6-19(16,17)8-10)7-11(12(15)18-2)13-9-3-4-9/h9-11,13H,3-8H2,1-2H3. The first-order valence-electron chi connectivity index (χ1n) is 6.66. The molecule has 0 bridgehead atoms. The Bertz CT molecular complexity index is 433. The van der Waals surface area contributed by atoms with Crippen molar-refractivity contribution < 1.29 is 17.9 Å². The molecule has 2 rings (SSSR count). The van der Waals surface area contributed by atoms with E-state index >= 15 is 0 Å². The summed E-state index contributed by atoms with van der Waals surface area (Å²) in [5, 5.41) is 3.25. The quantitative estimate of drug-likeness (QED) is 0.658. The maximum absolute atomic E-state index is 11.7. The molecule has 6 nitrogen and oxygen atoms in total. The van der Waals surface area contributed by atoms with Crippen LogP contribution in [0.1, 0.15) is 19.3 Å². The molecule has 0 aromatic rings. The van der Waals surface area contributed by atoms with Crippen LogP contribution < -0.4 is 5.32 Å². The summed E-state index contributed by atoms with van der Waals surface area (Å²) < 4.78 is 27.7. The van der Waals surface area contributed by atoms with Crippen molar-refractivity contribution >= 4 is 15.8 Å². The van der Waals surface area contributed by atoms with Crippen LogP contribution in [0.5, 0.6) is 0 Å². The third kappa shape index (κ3) is 4.15. The van der Waals surface area contributed by atoms with Crippen molar-refractivity contribution in [3.63, 3.8) is 0 Å². The Balaban J connectivity index is 1.90. The zero-order valence-corrected chi connectivity index (χ0v) is 12.3. The molecule has 1 N–H and O–H groups in total. The monoisotopic (exact) mass is 290 g/mol. The van der Waals surface area contributed by atoms with E-state index in [0.29, 0.717) is 19.0 Å². The molecular weight excluding hydrogens is 268 g/mol. The van der Waals surface area contributed by atoms with Crippen molar-refractivity contribution in [3.05, 3.63) is 0 Å². The number of rotatable bonds is 6. The fraction of sp³-hybridized carbons (Fsp3) is 0.917. The van der Waals surface area contributed by atoms with Gasteiger partial charge in [-0.3, -0.25) is 4.79 Å². The van der Waals surface area contributed by atoms with Crippen LogP contribution >= 0.6 is 0 Å². The van der Waals surface area contributed by atoms with Gasteiger partial charge < -0.3 is 15.0 Å². The van der Waals surface area contributed by atoms with Gasteiger partial charge in [0, 0.05) is 18.6 Å². The zero-order valence-electron chi connectivity index (χ0n) is 11.5. The molecule has 1 aliphatic heterocycles. The largest absolute Gasteiger partial charge is 0.468 e. The third-order valence-corrected chi connectivity index (χ3v) is 5.55. The van der Waals surface area contributed by atoms with Crippen molar-refractivity contribution in [2.45, 2.75) is 37.4 Å². The predicted octanol–water partition coefficient (Wildman–Crippen LogP) is -0.601. The lowest BCUT2D eigenvalue weighted by Crippen LogP contribution is -2.49. The fourth-order valence-corrected chi connectivity index (χ4v) is 4.24. The fourth-order valence-electron chi connectivity index (χ4n) is 2.43. The van der Waals surface area contributed by atoms with Gasteiger partial charge in [-0.1, -0.05) is 0 Å². The first kappa shape index (κ1) is 14.7. The molecule has 0 aromatic carbocycles. The molecule has 0 radical (unpaired) electrons. The molecule has 1 aliphatic carbocycles. The number of carbonyl (C=O) groups is 1. The minimum absolute atomic E-state index is 0.0122. The molecule has 1 saturated heterocycles. The van der Waals surface area contributed by atoms with Gasteiger partial charge >= 0.3 is 5.97 Å². The van der Waals surface area contributed by atoms with Crippen LogP contribution in [0.4, 0.5) is 0 Å². The first-order chi connectivity index (χ1) is 8.91. The lowest BCUT2D eigenvalue weighted by molar-refractivity contribution is -0.143. The average molecular weight is 290 g/mol. The highest BCUT2D eigenvalue weighted by molar-refractivity contribution is 7.91. The molecule has 7 heteroatoms. The molecule has 1 saturated carbocycles. The molecule has 2 unspecified atom stereocenters. The topological polar surface area (TPSA) is 75.7 Å². The predicted molar refractivity (Wildman–Crippen MR) is 71.7 cm³/mol. The lowest BCUT2D eigenvalue weighted by Gasteiger charge is -2.27. The second-order valence-electron chi connectivity index (χ2n) is 5.51. The van der Waals surface area contributed by atoms with Gasteiger partial charge in [-0.25, -0.2) is 8.42 Å². The summed E-state index contributed by atoms with van der Waals surface area (Å²) in [6, 6.07) is 0.0498. The van der Waals surface area contributed by atoms with E-state index in [-0.39, 0.29) is 29.6 Å². The number of hydrogen-bond acceptors (Lipinski definition) is 6. The zero-order chi connectivity index (χ0) is 14.0. The first-order valence-corrected chi connectivity index (χ1v) is 8.48. The Labute approximate surface area is 114 Å². The summed E-state index contributed by atoms with van der Waals surface area (Å²) in [5.74, 6) is 0.168. The van der Waals surface area contributed by atoms with E-state index in [4.69, 9.17) is 4.74 Å². The molecule has 2 aliphatic rings. The maximum Gasteiger partial charge on any atom is 0.324 e. The van der Waals surface area contributed by atoms with Crippen molar-refractivity contribution in [1.82, 2.24) is 10.2 Å². The van der Waals surface area contributed by atoms with Gasteiger partial charge in [0.05, 0.1) is 18.6 Å². The molecular formula is C12H22N2O4S. The smallest absolute Gasteiger partial charge is 0.324 e. The van der Waals surface area contributed by atoms with Crippen LogP contribution in [0.3, 0.4) is 0 Å². The van der Waals surface area contributed by atoms with Crippen LogP contribution in [0.15, 0.2) is 0 Å². The molecule has 19 heavy (non-hydrogen) atoms. The molecule has 2 fully saturated rings. The summed E-state index contributed by atoms with van der Waals surface area (Å²) in [5.41, 5.74) is 0. The molecule has 1 heterocycles. The van der Waals surface area contributed by atoms with Crippen molar-refractivity contribution in [1.29, 1.82) is 0 Å². The lowest BCUT2D eigenvalue weighted by atomic mass is 10.2. The summed E-state index contributed by atoms with van der Waals surface area (Å²) in [4.78, 5) is 13.7. The van der Waals surface area contributed by atoms with E-state index < -0.39 is 9.84 Å². The van der Waals surface area contributed by atoms with Crippen LogP contribution in [0, 0.1) is 0 Å². The Morgan fingerprint density at radius 3 is 2.58 bits per heavy atom. The molecule has 0 amide bonds. The van der Waals surface area contributed by atoms with Gasteiger partial charge in [-0.2, -0.15) is 0 Å². The van der Waals surface area contributed by atoms with Crippen molar-refractivity contribution in [3.8, 4) is 0 Å². The van der Waals surface area contributed by atoms with E-state index in [9.17, 15) is 13.2 Å². The van der Waals surface area contributed by atoms with Gasteiger partial charge in [0.25, 0.3) is 0 Å². The van der Waals surface area contributed by atoms with Gasteiger partial charge in [0.1, 0.15) is 6.04 Å². The number of carbonyl (C=O) groups excluding carboxylic acids is 1. The minimum atomic E-state index is -2.89. The van der Waals surface area contributed by atoms with Gasteiger partial charge in [-0.05, 0) is 26.3 Å². The van der Waals surface area contributed by atoms with Gasteiger partial charge in [-0.15, -0.1) is 0 Å².